The summed E-state index contributed by atoms with van der Waals surface area (Å²) in [6.07, 6.45) is 4.30. The number of nitrogens with two attached hydrogens (primary N) is 1. The van der Waals surface area contributed by atoms with Crippen molar-refractivity contribution in [2.24, 2.45) is 11.7 Å². The van der Waals surface area contributed by atoms with Crippen molar-refractivity contribution in [1.29, 1.82) is 0 Å². The zero-order valence-electron chi connectivity index (χ0n) is 11.9. The highest BCUT2D eigenvalue weighted by Crippen LogP contribution is 2.36. The molecular weight excluding hydrogens is 301 g/mol. The summed E-state index contributed by atoms with van der Waals surface area (Å²) in [6.45, 7) is 0. The second-order valence-corrected chi connectivity index (χ2v) is 6.58. The largest absolute Gasteiger partial charge is 0.324 e. The van der Waals surface area contributed by atoms with E-state index in [2.05, 4.69) is 30.3 Å². The molecule has 2 unspecified atom stereocenters. The fourth-order valence-electron chi connectivity index (χ4n) is 3.29. The summed E-state index contributed by atoms with van der Waals surface area (Å²) in [5.74, 6) is 0.407. The number of aryl methyl sites for hydroxylation is 1. The van der Waals surface area contributed by atoms with Crippen LogP contribution in [-0.4, -0.2) is 0 Å². The lowest BCUT2D eigenvalue weighted by molar-refractivity contribution is 0.402. The fourth-order valence-corrected chi connectivity index (χ4v) is 3.69. The second-order valence-electron chi connectivity index (χ2n) is 5.79. The predicted octanol–water partition coefficient (Wildman–Crippen LogP) is 5.19. The molecule has 2 aromatic carbocycles. The van der Waals surface area contributed by atoms with E-state index in [-0.39, 0.29) is 6.04 Å². The van der Waals surface area contributed by atoms with Crippen LogP contribution < -0.4 is 5.73 Å². The van der Waals surface area contributed by atoms with Crippen molar-refractivity contribution in [2.45, 2.75) is 31.7 Å². The second kappa shape index (κ2) is 6.39. The molecule has 1 nitrogen and oxygen atoms in total. The quantitative estimate of drug-likeness (QED) is 0.757. The number of fused-ring (bicyclic) bond motifs is 1. The predicted molar refractivity (Wildman–Crippen MR) is 90.0 cm³/mol. The summed E-state index contributed by atoms with van der Waals surface area (Å²) in [5, 5.41) is 1.29. The molecule has 0 aromatic heterocycles. The maximum absolute atomic E-state index is 6.55. The molecule has 3 rings (SSSR count). The van der Waals surface area contributed by atoms with Gasteiger partial charge < -0.3 is 5.73 Å². The van der Waals surface area contributed by atoms with Crippen LogP contribution in [0.15, 0.2) is 42.5 Å². The number of rotatable bonds is 2. The summed E-state index contributed by atoms with van der Waals surface area (Å²) in [7, 11) is 0. The van der Waals surface area contributed by atoms with Gasteiger partial charge in [0.05, 0.1) is 10.0 Å². The van der Waals surface area contributed by atoms with Gasteiger partial charge in [0, 0.05) is 6.04 Å². The van der Waals surface area contributed by atoms with Gasteiger partial charge in [-0.05, 0) is 54.4 Å². The molecule has 1 aliphatic carbocycles. The van der Waals surface area contributed by atoms with Crippen LogP contribution >= 0.6 is 23.2 Å². The Hall–Kier alpha value is -1.02. The molecule has 0 radical (unpaired) electrons. The van der Waals surface area contributed by atoms with E-state index in [0.717, 1.165) is 24.8 Å². The lowest BCUT2D eigenvalue weighted by atomic mass is 9.86. The molecule has 0 heterocycles. The standard InChI is InChI=1S/C18H19Cl2N/c19-16-10-4-7-13(17(16)20)11-14-8-3-6-12-5-1-2-9-15(12)18(14)21/h1-2,4-5,7,9-10,14,18H,3,6,8,11,21H2. The van der Waals surface area contributed by atoms with Crippen molar-refractivity contribution < 1.29 is 0 Å². The average Bonchev–Trinajstić information content (AvgIpc) is 2.65. The Balaban J connectivity index is 1.88. The van der Waals surface area contributed by atoms with Gasteiger partial charge in [-0.25, -0.2) is 0 Å². The van der Waals surface area contributed by atoms with Crippen molar-refractivity contribution in [3.8, 4) is 0 Å². The van der Waals surface area contributed by atoms with Crippen molar-refractivity contribution in [3.63, 3.8) is 0 Å². The topological polar surface area (TPSA) is 26.0 Å². The molecule has 0 amide bonds. The first kappa shape index (κ1) is 14.9. The van der Waals surface area contributed by atoms with Crippen molar-refractivity contribution >= 4 is 23.2 Å². The molecule has 0 saturated heterocycles. The minimum absolute atomic E-state index is 0.0683. The molecule has 0 spiro atoms. The van der Waals surface area contributed by atoms with Crippen molar-refractivity contribution in [1.82, 2.24) is 0 Å². The molecule has 0 fully saturated rings. The van der Waals surface area contributed by atoms with E-state index in [9.17, 15) is 0 Å². The number of halogens is 2. The number of hydrogen-bond acceptors (Lipinski definition) is 1. The Bertz CT molecular complexity index is 639. The molecule has 2 atom stereocenters. The van der Waals surface area contributed by atoms with E-state index in [1.54, 1.807) is 0 Å². The van der Waals surface area contributed by atoms with Crippen LogP contribution in [0.3, 0.4) is 0 Å². The van der Waals surface area contributed by atoms with Crippen LogP contribution in [0.1, 0.15) is 35.6 Å². The third-order valence-electron chi connectivity index (χ3n) is 4.46. The Morgan fingerprint density at radius 1 is 1.05 bits per heavy atom. The molecule has 0 bridgehead atoms. The zero-order valence-corrected chi connectivity index (χ0v) is 13.4. The Kier molecular flexibility index (Phi) is 4.54. The maximum Gasteiger partial charge on any atom is 0.0624 e. The van der Waals surface area contributed by atoms with Gasteiger partial charge in [-0.3, -0.25) is 0 Å². The van der Waals surface area contributed by atoms with E-state index in [1.807, 2.05) is 12.1 Å². The van der Waals surface area contributed by atoms with E-state index >= 15 is 0 Å². The highest BCUT2D eigenvalue weighted by atomic mass is 35.5. The van der Waals surface area contributed by atoms with Crippen LogP contribution in [0.25, 0.3) is 0 Å². The maximum atomic E-state index is 6.55. The van der Waals surface area contributed by atoms with Crippen LogP contribution in [0, 0.1) is 5.92 Å². The van der Waals surface area contributed by atoms with E-state index in [4.69, 9.17) is 28.9 Å². The Labute approximate surface area is 136 Å². The van der Waals surface area contributed by atoms with Gasteiger partial charge in [-0.2, -0.15) is 0 Å². The van der Waals surface area contributed by atoms with Gasteiger partial charge in [-0.15, -0.1) is 0 Å². The SMILES string of the molecule is NC1c2ccccc2CCCC1Cc1cccc(Cl)c1Cl. The molecule has 110 valence electrons. The lowest BCUT2D eigenvalue weighted by Crippen LogP contribution is -2.23. The third kappa shape index (κ3) is 3.11. The summed E-state index contributed by atoms with van der Waals surface area (Å²) >= 11 is 12.4. The Morgan fingerprint density at radius 2 is 1.86 bits per heavy atom. The van der Waals surface area contributed by atoms with E-state index in [1.165, 1.54) is 17.5 Å². The summed E-state index contributed by atoms with van der Waals surface area (Å²) in [6, 6.07) is 14.4. The highest BCUT2D eigenvalue weighted by Gasteiger charge is 2.25. The summed E-state index contributed by atoms with van der Waals surface area (Å²) in [4.78, 5) is 0. The highest BCUT2D eigenvalue weighted by molar-refractivity contribution is 6.42. The van der Waals surface area contributed by atoms with Gasteiger partial charge in [0.15, 0.2) is 0 Å². The van der Waals surface area contributed by atoms with Crippen molar-refractivity contribution in [3.05, 3.63) is 69.2 Å². The zero-order chi connectivity index (χ0) is 14.8. The molecule has 2 aromatic rings. The first-order chi connectivity index (χ1) is 10.2. The minimum atomic E-state index is 0.0683. The molecule has 2 N–H and O–H groups in total. The molecule has 21 heavy (non-hydrogen) atoms. The first-order valence-corrected chi connectivity index (χ1v) is 8.18. The molecule has 1 aliphatic rings. The molecule has 3 heteroatoms. The lowest BCUT2D eigenvalue weighted by Gasteiger charge is -2.23. The van der Waals surface area contributed by atoms with Crippen LogP contribution in [0.2, 0.25) is 10.0 Å². The number of hydrogen-bond donors (Lipinski definition) is 1. The molecule has 0 saturated carbocycles. The third-order valence-corrected chi connectivity index (χ3v) is 5.31. The first-order valence-electron chi connectivity index (χ1n) is 7.43. The van der Waals surface area contributed by atoms with Gasteiger partial charge >= 0.3 is 0 Å². The molecular formula is C18H19Cl2N. The van der Waals surface area contributed by atoms with Gasteiger partial charge in [-0.1, -0.05) is 59.6 Å². The van der Waals surface area contributed by atoms with E-state index in [0.29, 0.717) is 16.0 Å². The average molecular weight is 320 g/mol. The van der Waals surface area contributed by atoms with Crippen LogP contribution in [0.4, 0.5) is 0 Å². The summed E-state index contributed by atoms with van der Waals surface area (Å²) < 4.78 is 0. The van der Waals surface area contributed by atoms with E-state index < -0.39 is 0 Å². The normalized spacial score (nSPS) is 21.7. The van der Waals surface area contributed by atoms with Crippen LogP contribution in [-0.2, 0) is 12.8 Å². The summed E-state index contributed by atoms with van der Waals surface area (Å²) in [5.41, 5.74) is 10.3. The Morgan fingerprint density at radius 3 is 2.71 bits per heavy atom. The minimum Gasteiger partial charge on any atom is -0.324 e. The van der Waals surface area contributed by atoms with Gasteiger partial charge in [0.25, 0.3) is 0 Å². The molecule has 0 aliphatic heterocycles. The van der Waals surface area contributed by atoms with Gasteiger partial charge in [0.1, 0.15) is 0 Å². The van der Waals surface area contributed by atoms with Gasteiger partial charge in [0.2, 0.25) is 0 Å². The van der Waals surface area contributed by atoms with Crippen molar-refractivity contribution in [2.75, 3.05) is 0 Å². The monoisotopic (exact) mass is 319 g/mol. The number of benzene rings is 2. The van der Waals surface area contributed by atoms with Crippen LogP contribution in [0.5, 0.6) is 0 Å². The smallest absolute Gasteiger partial charge is 0.0624 e. The fraction of sp³-hybridized carbons (Fsp3) is 0.333.